The number of rotatable bonds is 6. The van der Waals surface area contributed by atoms with Crippen molar-refractivity contribution in [2.24, 2.45) is 11.8 Å². The summed E-state index contributed by atoms with van der Waals surface area (Å²) in [6.45, 7) is 7.04. The van der Waals surface area contributed by atoms with Gasteiger partial charge in [-0.05, 0) is 38.8 Å². The SMILES string of the molecule is CCC(=O)[C@H]1CCCC[C@H]1C(=O)NC[C@@H]1CCCN1CC. The highest BCUT2D eigenvalue weighted by atomic mass is 16.2. The maximum absolute atomic E-state index is 12.5. The molecule has 4 heteroatoms. The van der Waals surface area contributed by atoms with Crippen LogP contribution in [-0.4, -0.2) is 42.3 Å². The summed E-state index contributed by atoms with van der Waals surface area (Å²) in [6, 6.07) is 0.489. The van der Waals surface area contributed by atoms with Crippen molar-refractivity contribution in [2.75, 3.05) is 19.6 Å². The number of likely N-dealkylation sites (tertiary alicyclic amines) is 1. The zero-order valence-corrected chi connectivity index (χ0v) is 13.6. The summed E-state index contributed by atoms with van der Waals surface area (Å²) in [4.78, 5) is 27.0. The molecule has 1 N–H and O–H groups in total. The molecule has 0 aromatic carbocycles. The third-order valence-corrected chi connectivity index (χ3v) is 5.28. The zero-order valence-electron chi connectivity index (χ0n) is 13.6. The average molecular weight is 294 g/mol. The second kappa shape index (κ2) is 7.92. The highest BCUT2D eigenvalue weighted by Crippen LogP contribution is 2.31. The number of Topliss-reactive ketones (excluding diaryl/α,β-unsaturated/α-hetero) is 1. The van der Waals surface area contributed by atoms with Crippen LogP contribution >= 0.6 is 0 Å². The molecule has 2 fully saturated rings. The lowest BCUT2D eigenvalue weighted by molar-refractivity contribution is -0.135. The summed E-state index contributed by atoms with van der Waals surface area (Å²) in [5, 5.41) is 3.13. The number of hydrogen-bond donors (Lipinski definition) is 1. The Kier molecular flexibility index (Phi) is 6.22. The quantitative estimate of drug-likeness (QED) is 0.818. The zero-order chi connectivity index (χ0) is 15.2. The van der Waals surface area contributed by atoms with Gasteiger partial charge in [0.25, 0.3) is 0 Å². The predicted octanol–water partition coefficient (Wildman–Crippen LogP) is 2.37. The Labute approximate surface area is 128 Å². The van der Waals surface area contributed by atoms with Crippen LogP contribution in [0.1, 0.15) is 58.8 Å². The van der Waals surface area contributed by atoms with Gasteiger partial charge < -0.3 is 5.32 Å². The molecular weight excluding hydrogens is 264 g/mol. The molecule has 1 aliphatic heterocycles. The van der Waals surface area contributed by atoms with E-state index < -0.39 is 0 Å². The first kappa shape index (κ1) is 16.5. The van der Waals surface area contributed by atoms with Crippen molar-refractivity contribution in [1.29, 1.82) is 0 Å². The van der Waals surface area contributed by atoms with Gasteiger partial charge in [0.15, 0.2) is 0 Å². The van der Waals surface area contributed by atoms with Gasteiger partial charge in [-0.15, -0.1) is 0 Å². The molecule has 0 spiro atoms. The lowest BCUT2D eigenvalue weighted by Crippen LogP contribution is -2.45. The molecule has 2 rings (SSSR count). The second-order valence-electron chi connectivity index (χ2n) is 6.49. The smallest absolute Gasteiger partial charge is 0.223 e. The maximum atomic E-state index is 12.5. The van der Waals surface area contributed by atoms with Crippen LogP contribution in [0, 0.1) is 11.8 Å². The first-order chi connectivity index (χ1) is 10.2. The minimum atomic E-state index is -0.0809. The molecule has 1 aliphatic carbocycles. The van der Waals surface area contributed by atoms with Crippen LogP contribution in [-0.2, 0) is 9.59 Å². The minimum Gasteiger partial charge on any atom is -0.354 e. The summed E-state index contributed by atoms with van der Waals surface area (Å²) in [6.07, 6.45) is 6.91. The van der Waals surface area contributed by atoms with Crippen LogP contribution in [0.3, 0.4) is 0 Å². The Balaban J connectivity index is 1.87. The van der Waals surface area contributed by atoms with Gasteiger partial charge in [0.05, 0.1) is 0 Å². The third-order valence-electron chi connectivity index (χ3n) is 5.28. The van der Waals surface area contributed by atoms with Crippen LogP contribution < -0.4 is 5.32 Å². The van der Waals surface area contributed by atoms with Crippen molar-refractivity contribution in [3.63, 3.8) is 0 Å². The Bertz CT molecular complexity index is 370. The molecule has 3 atom stereocenters. The fourth-order valence-corrected chi connectivity index (χ4v) is 3.98. The van der Waals surface area contributed by atoms with Crippen molar-refractivity contribution < 1.29 is 9.59 Å². The Morgan fingerprint density at radius 2 is 1.76 bits per heavy atom. The third kappa shape index (κ3) is 4.06. The molecule has 21 heavy (non-hydrogen) atoms. The normalized spacial score (nSPS) is 30.3. The predicted molar refractivity (Wildman–Crippen MR) is 84.0 cm³/mol. The molecule has 120 valence electrons. The van der Waals surface area contributed by atoms with Crippen molar-refractivity contribution in [3.8, 4) is 0 Å². The lowest BCUT2D eigenvalue weighted by Gasteiger charge is -2.30. The summed E-state index contributed by atoms with van der Waals surface area (Å²) >= 11 is 0. The molecule has 0 radical (unpaired) electrons. The Morgan fingerprint density at radius 3 is 2.43 bits per heavy atom. The van der Waals surface area contributed by atoms with Crippen molar-refractivity contribution in [2.45, 2.75) is 64.8 Å². The van der Waals surface area contributed by atoms with E-state index in [2.05, 4.69) is 17.1 Å². The maximum Gasteiger partial charge on any atom is 0.223 e. The number of nitrogens with one attached hydrogen (secondary N) is 1. The van der Waals surface area contributed by atoms with Gasteiger partial charge in [0.2, 0.25) is 5.91 Å². The molecule has 0 bridgehead atoms. The lowest BCUT2D eigenvalue weighted by atomic mass is 9.76. The minimum absolute atomic E-state index is 0.0328. The topological polar surface area (TPSA) is 49.4 Å². The monoisotopic (exact) mass is 294 g/mol. The summed E-state index contributed by atoms with van der Waals surface area (Å²) in [5.41, 5.74) is 0. The first-order valence-corrected chi connectivity index (χ1v) is 8.71. The molecule has 4 nitrogen and oxygen atoms in total. The molecule has 2 aliphatic rings. The summed E-state index contributed by atoms with van der Waals surface area (Å²) in [5.74, 6) is 0.271. The molecule has 1 heterocycles. The van der Waals surface area contributed by atoms with E-state index >= 15 is 0 Å². The number of nitrogens with zero attached hydrogens (tertiary/aromatic N) is 1. The van der Waals surface area contributed by atoms with Gasteiger partial charge in [-0.3, -0.25) is 14.5 Å². The Morgan fingerprint density at radius 1 is 1.05 bits per heavy atom. The van der Waals surface area contributed by atoms with Crippen LogP contribution in [0.2, 0.25) is 0 Å². The van der Waals surface area contributed by atoms with E-state index in [-0.39, 0.29) is 23.5 Å². The molecule has 0 unspecified atom stereocenters. The van der Waals surface area contributed by atoms with Gasteiger partial charge in [0.1, 0.15) is 5.78 Å². The van der Waals surface area contributed by atoms with E-state index in [1.54, 1.807) is 0 Å². The Hall–Kier alpha value is -0.900. The molecule has 1 saturated carbocycles. The fourth-order valence-electron chi connectivity index (χ4n) is 3.98. The largest absolute Gasteiger partial charge is 0.354 e. The number of amides is 1. The van der Waals surface area contributed by atoms with Crippen LogP contribution in [0.4, 0.5) is 0 Å². The van der Waals surface area contributed by atoms with Crippen LogP contribution in [0.5, 0.6) is 0 Å². The van der Waals surface area contributed by atoms with Gasteiger partial charge in [-0.2, -0.15) is 0 Å². The van der Waals surface area contributed by atoms with Crippen LogP contribution in [0.15, 0.2) is 0 Å². The number of ketones is 1. The number of hydrogen-bond acceptors (Lipinski definition) is 3. The van der Waals surface area contributed by atoms with Crippen molar-refractivity contribution in [3.05, 3.63) is 0 Å². The standard InChI is InChI=1S/C17H30N2O2/c1-3-16(20)14-9-5-6-10-15(14)17(21)18-12-13-8-7-11-19(13)4-2/h13-15H,3-12H2,1-2H3,(H,18,21)/t13-,14-,15+/m0/s1. The van der Waals surface area contributed by atoms with E-state index in [0.29, 0.717) is 12.5 Å². The molecule has 1 amide bonds. The molecule has 0 aromatic heterocycles. The van der Waals surface area contributed by atoms with Crippen molar-refractivity contribution in [1.82, 2.24) is 10.2 Å². The fraction of sp³-hybridized carbons (Fsp3) is 0.882. The summed E-state index contributed by atoms with van der Waals surface area (Å²) < 4.78 is 0. The highest BCUT2D eigenvalue weighted by molar-refractivity contribution is 5.88. The second-order valence-corrected chi connectivity index (χ2v) is 6.49. The molecule has 1 saturated heterocycles. The first-order valence-electron chi connectivity index (χ1n) is 8.71. The van der Waals surface area contributed by atoms with Crippen LogP contribution in [0.25, 0.3) is 0 Å². The van der Waals surface area contributed by atoms with Gasteiger partial charge >= 0.3 is 0 Å². The van der Waals surface area contributed by atoms with Crippen molar-refractivity contribution >= 4 is 11.7 Å². The molecular formula is C17H30N2O2. The number of carbonyl (C=O) groups is 2. The van der Waals surface area contributed by atoms with E-state index in [0.717, 1.165) is 45.3 Å². The average Bonchev–Trinajstić information content (AvgIpc) is 2.99. The van der Waals surface area contributed by atoms with E-state index in [1.165, 1.54) is 12.8 Å². The van der Waals surface area contributed by atoms with Gasteiger partial charge in [0, 0.05) is 30.8 Å². The number of carbonyl (C=O) groups excluding carboxylic acids is 2. The van der Waals surface area contributed by atoms with Gasteiger partial charge in [-0.25, -0.2) is 0 Å². The highest BCUT2D eigenvalue weighted by Gasteiger charge is 2.35. The number of likely N-dealkylation sites (N-methyl/N-ethyl adjacent to an activating group) is 1. The van der Waals surface area contributed by atoms with Gasteiger partial charge in [-0.1, -0.05) is 26.7 Å². The van der Waals surface area contributed by atoms with E-state index in [4.69, 9.17) is 0 Å². The van der Waals surface area contributed by atoms with E-state index in [9.17, 15) is 9.59 Å². The summed E-state index contributed by atoms with van der Waals surface area (Å²) in [7, 11) is 0. The van der Waals surface area contributed by atoms with E-state index in [1.807, 2.05) is 6.92 Å². The molecule has 0 aromatic rings.